The molecule has 0 amide bonds. The molecule has 0 radical (unpaired) electrons. The van der Waals surface area contributed by atoms with Crippen molar-refractivity contribution in [1.29, 1.82) is 0 Å². The van der Waals surface area contributed by atoms with E-state index in [1.165, 1.54) is 16.4 Å². The second kappa shape index (κ2) is 5.54. The lowest BCUT2D eigenvalue weighted by molar-refractivity contribution is 0.475. The summed E-state index contributed by atoms with van der Waals surface area (Å²) in [6, 6.07) is 13.0. The summed E-state index contributed by atoms with van der Waals surface area (Å²) in [5, 5.41) is 9.52. The van der Waals surface area contributed by atoms with Gasteiger partial charge in [-0.15, -0.1) is 0 Å². The summed E-state index contributed by atoms with van der Waals surface area (Å²) in [5.74, 6) is 0.0420. The van der Waals surface area contributed by atoms with Crippen LogP contribution < -0.4 is 4.31 Å². The van der Waals surface area contributed by atoms with E-state index in [2.05, 4.69) is 0 Å². The number of phenols is 1. The van der Waals surface area contributed by atoms with Gasteiger partial charge in [0.2, 0.25) is 0 Å². The van der Waals surface area contributed by atoms with Gasteiger partial charge in [-0.1, -0.05) is 18.2 Å². The minimum atomic E-state index is -3.62. The molecule has 0 aliphatic carbocycles. The largest absolute Gasteiger partial charge is 0.508 e. The highest BCUT2D eigenvalue weighted by molar-refractivity contribution is 7.92. The molecule has 0 fully saturated rings. The highest BCUT2D eigenvalue weighted by Crippen LogP contribution is 2.26. The average Bonchev–Trinajstić information content (AvgIpc) is 2.39. The number of aryl methyl sites for hydroxylation is 1. The standard InChI is InChI=1S/C15H17NO3S/c1-3-16(13-7-5-8-14(17)11-13)20(18,19)15-9-4-6-12(2)10-15/h4-11,17H,3H2,1-2H3. The van der Waals surface area contributed by atoms with E-state index in [-0.39, 0.29) is 10.6 Å². The van der Waals surface area contributed by atoms with Gasteiger partial charge in [-0.25, -0.2) is 8.42 Å². The lowest BCUT2D eigenvalue weighted by Gasteiger charge is -2.23. The molecule has 0 atom stereocenters. The maximum atomic E-state index is 12.7. The minimum Gasteiger partial charge on any atom is -0.508 e. The van der Waals surface area contributed by atoms with Crippen LogP contribution in [0.4, 0.5) is 5.69 Å². The lowest BCUT2D eigenvalue weighted by Crippen LogP contribution is -2.30. The number of anilines is 1. The summed E-state index contributed by atoms with van der Waals surface area (Å²) in [5.41, 5.74) is 1.34. The number of phenolic OH excluding ortho intramolecular Hbond substituents is 1. The third kappa shape index (κ3) is 2.77. The molecule has 2 rings (SSSR count). The van der Waals surface area contributed by atoms with Crippen LogP contribution in [0.1, 0.15) is 12.5 Å². The average molecular weight is 291 g/mol. The molecule has 0 spiro atoms. The zero-order valence-electron chi connectivity index (χ0n) is 11.4. The number of hydrogen-bond acceptors (Lipinski definition) is 3. The first kappa shape index (κ1) is 14.4. The van der Waals surface area contributed by atoms with Crippen molar-refractivity contribution < 1.29 is 13.5 Å². The number of hydrogen-bond donors (Lipinski definition) is 1. The van der Waals surface area contributed by atoms with Gasteiger partial charge in [0.1, 0.15) is 5.75 Å². The Labute approximate surface area is 119 Å². The lowest BCUT2D eigenvalue weighted by atomic mass is 10.2. The molecule has 1 N–H and O–H groups in total. The second-order valence-electron chi connectivity index (χ2n) is 4.51. The van der Waals surface area contributed by atoms with Crippen LogP contribution in [0.25, 0.3) is 0 Å². The molecule has 20 heavy (non-hydrogen) atoms. The molecule has 0 aromatic heterocycles. The summed E-state index contributed by atoms with van der Waals surface area (Å²) in [6.07, 6.45) is 0. The molecule has 0 bridgehead atoms. The topological polar surface area (TPSA) is 57.6 Å². The van der Waals surface area contributed by atoms with Crippen molar-refractivity contribution in [3.05, 3.63) is 54.1 Å². The number of nitrogens with zero attached hydrogens (tertiary/aromatic N) is 1. The first-order valence-electron chi connectivity index (χ1n) is 6.33. The van der Waals surface area contributed by atoms with Gasteiger partial charge in [-0.2, -0.15) is 0 Å². The Hall–Kier alpha value is -2.01. The van der Waals surface area contributed by atoms with Crippen molar-refractivity contribution in [2.75, 3.05) is 10.8 Å². The van der Waals surface area contributed by atoms with Gasteiger partial charge in [0.25, 0.3) is 10.0 Å². The molecule has 0 heterocycles. The van der Waals surface area contributed by atoms with Crippen molar-refractivity contribution in [2.45, 2.75) is 18.7 Å². The monoisotopic (exact) mass is 291 g/mol. The van der Waals surface area contributed by atoms with E-state index < -0.39 is 10.0 Å². The molecule has 0 saturated carbocycles. The van der Waals surface area contributed by atoms with Crippen LogP contribution in [0, 0.1) is 6.92 Å². The van der Waals surface area contributed by atoms with Crippen LogP contribution in [0.5, 0.6) is 5.75 Å². The molecule has 2 aromatic carbocycles. The van der Waals surface area contributed by atoms with Crippen molar-refractivity contribution in [3.8, 4) is 5.75 Å². The summed E-state index contributed by atoms with van der Waals surface area (Å²) in [6.45, 7) is 3.90. The van der Waals surface area contributed by atoms with Gasteiger partial charge in [0.05, 0.1) is 10.6 Å². The highest BCUT2D eigenvalue weighted by Gasteiger charge is 2.23. The first-order valence-corrected chi connectivity index (χ1v) is 7.77. The molecular weight excluding hydrogens is 274 g/mol. The maximum absolute atomic E-state index is 12.7. The molecular formula is C15H17NO3S. The molecule has 0 aliphatic rings. The molecule has 106 valence electrons. The smallest absolute Gasteiger partial charge is 0.264 e. The van der Waals surface area contributed by atoms with Gasteiger partial charge >= 0.3 is 0 Å². The summed E-state index contributed by atoms with van der Waals surface area (Å²) >= 11 is 0. The van der Waals surface area contributed by atoms with E-state index in [9.17, 15) is 13.5 Å². The zero-order valence-corrected chi connectivity index (χ0v) is 12.3. The summed E-state index contributed by atoms with van der Waals surface area (Å²) < 4.78 is 26.6. The SMILES string of the molecule is CCN(c1cccc(O)c1)S(=O)(=O)c1cccc(C)c1. The van der Waals surface area contributed by atoms with Crippen LogP contribution >= 0.6 is 0 Å². The summed E-state index contributed by atoms with van der Waals surface area (Å²) in [4.78, 5) is 0.252. The van der Waals surface area contributed by atoms with E-state index >= 15 is 0 Å². The molecule has 0 aliphatic heterocycles. The number of sulfonamides is 1. The van der Waals surface area contributed by atoms with Crippen LogP contribution in [0.15, 0.2) is 53.4 Å². The van der Waals surface area contributed by atoms with Gasteiger partial charge < -0.3 is 5.11 Å². The quantitative estimate of drug-likeness (QED) is 0.942. The van der Waals surface area contributed by atoms with Crippen molar-refractivity contribution >= 4 is 15.7 Å². The molecule has 4 nitrogen and oxygen atoms in total. The Kier molecular flexibility index (Phi) is 3.99. The number of aromatic hydroxyl groups is 1. The fourth-order valence-electron chi connectivity index (χ4n) is 2.04. The third-order valence-electron chi connectivity index (χ3n) is 2.98. The zero-order chi connectivity index (χ0) is 14.8. The maximum Gasteiger partial charge on any atom is 0.264 e. The Balaban J connectivity index is 2.50. The Morgan fingerprint density at radius 1 is 1.10 bits per heavy atom. The number of benzene rings is 2. The Bertz CT molecular complexity index is 711. The van der Waals surface area contributed by atoms with Crippen LogP contribution in [0.3, 0.4) is 0 Å². The fourth-order valence-corrected chi connectivity index (χ4v) is 3.61. The van der Waals surface area contributed by atoms with E-state index in [1.54, 1.807) is 37.3 Å². The molecule has 0 saturated heterocycles. The minimum absolute atomic E-state index is 0.0420. The van der Waals surface area contributed by atoms with E-state index in [0.717, 1.165) is 5.56 Å². The Morgan fingerprint density at radius 2 is 1.80 bits per heavy atom. The normalized spacial score (nSPS) is 11.3. The number of rotatable bonds is 4. The third-order valence-corrected chi connectivity index (χ3v) is 4.88. The predicted octanol–water partition coefficient (Wildman–Crippen LogP) is 2.92. The van der Waals surface area contributed by atoms with Crippen molar-refractivity contribution in [1.82, 2.24) is 0 Å². The van der Waals surface area contributed by atoms with E-state index in [0.29, 0.717) is 12.2 Å². The molecule has 0 unspecified atom stereocenters. The fraction of sp³-hybridized carbons (Fsp3) is 0.200. The van der Waals surface area contributed by atoms with Gasteiger partial charge in [0, 0.05) is 12.6 Å². The van der Waals surface area contributed by atoms with Crippen molar-refractivity contribution in [2.24, 2.45) is 0 Å². The van der Waals surface area contributed by atoms with Crippen LogP contribution in [-0.4, -0.2) is 20.1 Å². The second-order valence-corrected chi connectivity index (χ2v) is 6.37. The Morgan fingerprint density at radius 3 is 2.40 bits per heavy atom. The molecule has 2 aromatic rings. The summed E-state index contributed by atoms with van der Waals surface area (Å²) in [7, 11) is -3.62. The van der Waals surface area contributed by atoms with Gasteiger partial charge in [-0.3, -0.25) is 4.31 Å². The van der Waals surface area contributed by atoms with E-state index in [1.807, 2.05) is 13.0 Å². The van der Waals surface area contributed by atoms with Crippen LogP contribution in [0.2, 0.25) is 0 Å². The highest BCUT2D eigenvalue weighted by atomic mass is 32.2. The van der Waals surface area contributed by atoms with Gasteiger partial charge in [0.15, 0.2) is 0 Å². The molecule has 5 heteroatoms. The van der Waals surface area contributed by atoms with Crippen LogP contribution in [-0.2, 0) is 10.0 Å². The predicted molar refractivity (Wildman–Crippen MR) is 79.5 cm³/mol. The van der Waals surface area contributed by atoms with E-state index in [4.69, 9.17) is 0 Å². The first-order chi connectivity index (χ1) is 9.45. The van der Waals surface area contributed by atoms with Gasteiger partial charge in [-0.05, 0) is 43.7 Å². The van der Waals surface area contributed by atoms with Crippen molar-refractivity contribution in [3.63, 3.8) is 0 Å².